The Morgan fingerprint density at radius 3 is 2.39 bits per heavy atom. The number of hydrogen-bond acceptors (Lipinski definition) is 3. The fourth-order valence-electron chi connectivity index (χ4n) is 3.22. The maximum absolute atomic E-state index is 9.06. The molecule has 0 aromatic rings. The highest BCUT2D eigenvalue weighted by atomic mass is 16.3. The molecule has 0 saturated heterocycles. The quantitative estimate of drug-likeness (QED) is 0.516. The molecular weight excluding hydrogens is 224 g/mol. The summed E-state index contributed by atoms with van der Waals surface area (Å²) in [6.07, 6.45) is 9.46. The van der Waals surface area contributed by atoms with E-state index >= 15 is 0 Å². The number of aliphatic hydroxyl groups excluding tert-OH is 1. The van der Waals surface area contributed by atoms with Gasteiger partial charge in [-0.3, -0.25) is 0 Å². The summed E-state index contributed by atoms with van der Waals surface area (Å²) in [5, 5.41) is 12.7. The van der Waals surface area contributed by atoms with Crippen molar-refractivity contribution in [3.05, 3.63) is 0 Å². The number of hydrogen-bond donors (Lipinski definition) is 2. The van der Waals surface area contributed by atoms with Crippen LogP contribution in [0.5, 0.6) is 0 Å². The minimum Gasteiger partial charge on any atom is -0.395 e. The second-order valence-electron chi connectivity index (χ2n) is 6.05. The minimum atomic E-state index is 0.273. The molecule has 0 spiro atoms. The van der Waals surface area contributed by atoms with Crippen molar-refractivity contribution >= 4 is 0 Å². The van der Waals surface area contributed by atoms with Crippen LogP contribution in [-0.2, 0) is 0 Å². The van der Waals surface area contributed by atoms with Gasteiger partial charge in [0.15, 0.2) is 0 Å². The van der Waals surface area contributed by atoms with Crippen molar-refractivity contribution in [2.24, 2.45) is 5.41 Å². The third-order valence-electron chi connectivity index (χ3n) is 4.18. The van der Waals surface area contributed by atoms with Crippen molar-refractivity contribution in [3.63, 3.8) is 0 Å². The highest BCUT2D eigenvalue weighted by Gasteiger charge is 2.31. The van der Waals surface area contributed by atoms with E-state index in [2.05, 4.69) is 24.2 Å². The molecule has 0 aliphatic heterocycles. The first-order valence-electron chi connectivity index (χ1n) is 7.72. The Balaban J connectivity index is 2.53. The lowest BCUT2D eigenvalue weighted by molar-refractivity contribution is 0.127. The molecule has 18 heavy (non-hydrogen) atoms. The van der Waals surface area contributed by atoms with Crippen molar-refractivity contribution in [1.82, 2.24) is 10.2 Å². The molecule has 0 amide bonds. The lowest BCUT2D eigenvalue weighted by Crippen LogP contribution is -2.43. The second-order valence-corrected chi connectivity index (χ2v) is 6.05. The van der Waals surface area contributed by atoms with Crippen LogP contribution >= 0.6 is 0 Å². The molecule has 1 aliphatic rings. The summed E-state index contributed by atoms with van der Waals surface area (Å²) < 4.78 is 0. The van der Waals surface area contributed by atoms with E-state index in [4.69, 9.17) is 5.11 Å². The maximum Gasteiger partial charge on any atom is 0.0558 e. The van der Waals surface area contributed by atoms with Crippen LogP contribution in [0.2, 0.25) is 0 Å². The summed E-state index contributed by atoms with van der Waals surface area (Å²) in [7, 11) is 2.14. The normalized spacial score (nSPS) is 20.0. The van der Waals surface area contributed by atoms with E-state index in [1.54, 1.807) is 0 Å². The van der Waals surface area contributed by atoms with Crippen molar-refractivity contribution in [1.29, 1.82) is 0 Å². The zero-order valence-corrected chi connectivity index (χ0v) is 12.4. The van der Waals surface area contributed by atoms with Crippen molar-refractivity contribution in [3.8, 4) is 0 Å². The minimum absolute atomic E-state index is 0.273. The third-order valence-corrected chi connectivity index (χ3v) is 4.18. The number of rotatable bonds is 8. The van der Waals surface area contributed by atoms with Crippen molar-refractivity contribution < 1.29 is 5.11 Å². The van der Waals surface area contributed by atoms with Crippen LogP contribution in [0.25, 0.3) is 0 Å². The summed E-state index contributed by atoms with van der Waals surface area (Å²) in [6, 6.07) is 0. The molecule has 1 rings (SSSR count). The molecule has 1 saturated carbocycles. The van der Waals surface area contributed by atoms with Gasteiger partial charge < -0.3 is 15.3 Å². The molecule has 0 aromatic heterocycles. The monoisotopic (exact) mass is 256 g/mol. The molecular formula is C15H32N2O. The van der Waals surface area contributed by atoms with E-state index in [1.807, 2.05) is 0 Å². The molecule has 0 atom stereocenters. The van der Waals surface area contributed by atoms with Crippen LogP contribution in [0.1, 0.15) is 51.9 Å². The molecule has 0 unspecified atom stereocenters. The van der Waals surface area contributed by atoms with Crippen LogP contribution in [0.4, 0.5) is 0 Å². The molecule has 1 fully saturated rings. The van der Waals surface area contributed by atoms with Crippen LogP contribution in [0.3, 0.4) is 0 Å². The van der Waals surface area contributed by atoms with Gasteiger partial charge in [-0.2, -0.15) is 0 Å². The Morgan fingerprint density at radius 1 is 1.17 bits per heavy atom. The van der Waals surface area contributed by atoms with E-state index in [0.29, 0.717) is 5.41 Å². The SMILES string of the molecule is CCCNCC1(CN(C)CCO)CCCCCC1. The van der Waals surface area contributed by atoms with E-state index in [0.717, 1.165) is 26.2 Å². The molecule has 2 N–H and O–H groups in total. The summed E-state index contributed by atoms with van der Waals surface area (Å²) >= 11 is 0. The Labute approximate surface area is 113 Å². The molecule has 0 bridgehead atoms. The molecule has 3 nitrogen and oxygen atoms in total. The summed E-state index contributed by atoms with van der Waals surface area (Å²) in [5.41, 5.74) is 0.440. The van der Waals surface area contributed by atoms with Gasteiger partial charge in [-0.25, -0.2) is 0 Å². The first kappa shape index (κ1) is 15.9. The van der Waals surface area contributed by atoms with E-state index in [-0.39, 0.29) is 6.61 Å². The molecule has 0 radical (unpaired) electrons. The smallest absolute Gasteiger partial charge is 0.0558 e. The maximum atomic E-state index is 9.06. The van der Waals surface area contributed by atoms with Gasteiger partial charge in [-0.05, 0) is 38.3 Å². The number of nitrogens with zero attached hydrogens (tertiary/aromatic N) is 1. The standard InChI is InChI=1S/C15H32N2O/c1-3-10-16-13-15(14-17(2)11-12-18)8-6-4-5-7-9-15/h16,18H,3-14H2,1-2H3. The van der Waals surface area contributed by atoms with Gasteiger partial charge >= 0.3 is 0 Å². The van der Waals surface area contributed by atoms with E-state index in [1.165, 1.54) is 44.9 Å². The fourth-order valence-corrected chi connectivity index (χ4v) is 3.22. The fraction of sp³-hybridized carbons (Fsp3) is 1.00. The number of aliphatic hydroxyl groups is 1. The van der Waals surface area contributed by atoms with Gasteiger partial charge in [0.1, 0.15) is 0 Å². The second kappa shape index (κ2) is 8.89. The van der Waals surface area contributed by atoms with Crippen molar-refractivity contribution in [2.45, 2.75) is 51.9 Å². The summed E-state index contributed by atoms with van der Waals surface area (Å²) in [6.45, 7) is 6.71. The van der Waals surface area contributed by atoms with Gasteiger partial charge in [0.2, 0.25) is 0 Å². The molecule has 1 aliphatic carbocycles. The number of nitrogens with one attached hydrogen (secondary N) is 1. The largest absolute Gasteiger partial charge is 0.395 e. The van der Waals surface area contributed by atoms with Crippen LogP contribution in [0, 0.1) is 5.41 Å². The summed E-state index contributed by atoms with van der Waals surface area (Å²) in [5.74, 6) is 0. The van der Waals surface area contributed by atoms with Gasteiger partial charge in [-0.1, -0.05) is 32.6 Å². The Hall–Kier alpha value is -0.120. The molecule has 0 aromatic carbocycles. The zero-order valence-electron chi connectivity index (χ0n) is 12.4. The lowest BCUT2D eigenvalue weighted by atomic mass is 9.79. The highest BCUT2D eigenvalue weighted by molar-refractivity contribution is 4.86. The number of likely N-dealkylation sites (N-methyl/N-ethyl adjacent to an activating group) is 1. The van der Waals surface area contributed by atoms with E-state index < -0.39 is 0 Å². The van der Waals surface area contributed by atoms with Gasteiger partial charge in [0, 0.05) is 19.6 Å². The molecule has 3 heteroatoms. The topological polar surface area (TPSA) is 35.5 Å². The first-order valence-corrected chi connectivity index (χ1v) is 7.72. The Kier molecular flexibility index (Phi) is 7.87. The van der Waals surface area contributed by atoms with Gasteiger partial charge in [0.05, 0.1) is 6.61 Å². The third kappa shape index (κ3) is 5.68. The van der Waals surface area contributed by atoms with Crippen LogP contribution in [-0.4, -0.2) is 49.8 Å². The highest BCUT2D eigenvalue weighted by Crippen LogP contribution is 2.35. The lowest BCUT2D eigenvalue weighted by Gasteiger charge is -2.37. The van der Waals surface area contributed by atoms with Crippen molar-refractivity contribution in [2.75, 3.05) is 39.8 Å². The molecule has 0 heterocycles. The summed E-state index contributed by atoms with van der Waals surface area (Å²) in [4.78, 5) is 2.30. The average Bonchev–Trinajstić information content (AvgIpc) is 2.56. The first-order chi connectivity index (χ1) is 8.72. The van der Waals surface area contributed by atoms with Gasteiger partial charge in [0.25, 0.3) is 0 Å². The average molecular weight is 256 g/mol. The predicted octanol–water partition coefficient (Wildman–Crippen LogP) is 2.25. The Bertz CT molecular complexity index is 201. The van der Waals surface area contributed by atoms with E-state index in [9.17, 15) is 0 Å². The predicted molar refractivity (Wildman–Crippen MR) is 77.9 cm³/mol. The zero-order chi connectivity index (χ0) is 13.3. The van der Waals surface area contributed by atoms with Crippen LogP contribution in [0.15, 0.2) is 0 Å². The van der Waals surface area contributed by atoms with Crippen LogP contribution < -0.4 is 5.32 Å². The molecule has 108 valence electrons. The van der Waals surface area contributed by atoms with Gasteiger partial charge in [-0.15, -0.1) is 0 Å². The Morgan fingerprint density at radius 2 is 1.83 bits per heavy atom.